The van der Waals surface area contributed by atoms with Crippen molar-refractivity contribution in [2.24, 2.45) is 16.5 Å². The summed E-state index contributed by atoms with van der Waals surface area (Å²) in [5.41, 5.74) is 13.0. The largest absolute Gasteiger partial charge is 0.379 e. The van der Waals surface area contributed by atoms with Crippen molar-refractivity contribution in [2.75, 3.05) is 29.5 Å². The summed E-state index contributed by atoms with van der Waals surface area (Å²) in [4.78, 5) is 25.6. The first kappa shape index (κ1) is 21.1. The fourth-order valence-electron chi connectivity index (χ4n) is 3.04. The van der Waals surface area contributed by atoms with Crippen LogP contribution in [0.4, 0.5) is 11.5 Å². The normalized spacial score (nSPS) is 18.8. The minimum absolute atomic E-state index is 0.255. The molecule has 3 rings (SSSR count). The van der Waals surface area contributed by atoms with Crippen LogP contribution in [-0.4, -0.2) is 39.9 Å². The summed E-state index contributed by atoms with van der Waals surface area (Å²) in [7, 11) is 0. The lowest BCUT2D eigenvalue weighted by Gasteiger charge is -2.30. The molecule has 8 nitrogen and oxygen atoms in total. The Morgan fingerprint density at radius 3 is 2.86 bits per heavy atom. The van der Waals surface area contributed by atoms with E-state index in [1.54, 1.807) is 18.0 Å². The van der Waals surface area contributed by atoms with Crippen molar-refractivity contribution >= 4 is 34.3 Å². The van der Waals surface area contributed by atoms with Crippen LogP contribution in [0.2, 0.25) is 0 Å². The first-order valence-corrected chi connectivity index (χ1v) is 10.6. The molecule has 1 aliphatic heterocycles. The van der Waals surface area contributed by atoms with Crippen molar-refractivity contribution in [3.8, 4) is 0 Å². The van der Waals surface area contributed by atoms with Gasteiger partial charge in [-0.15, -0.1) is 0 Å². The Bertz CT molecular complexity index is 871. The molecule has 9 heteroatoms. The molecule has 6 N–H and O–H groups in total. The van der Waals surface area contributed by atoms with E-state index in [9.17, 15) is 4.79 Å². The zero-order valence-electron chi connectivity index (χ0n) is 16.5. The highest BCUT2D eigenvalue weighted by atomic mass is 32.2. The van der Waals surface area contributed by atoms with Crippen molar-refractivity contribution in [3.05, 3.63) is 47.9 Å². The van der Waals surface area contributed by atoms with Gasteiger partial charge < -0.3 is 22.1 Å². The zero-order chi connectivity index (χ0) is 20.7. The van der Waals surface area contributed by atoms with Crippen molar-refractivity contribution < 1.29 is 4.79 Å². The van der Waals surface area contributed by atoms with E-state index < -0.39 is 0 Å². The second kappa shape index (κ2) is 9.71. The zero-order valence-corrected chi connectivity index (χ0v) is 17.3. The summed E-state index contributed by atoms with van der Waals surface area (Å²) in [5.74, 6) is 1.25. The second-order valence-corrected chi connectivity index (χ2v) is 8.18. The Morgan fingerprint density at radius 2 is 2.14 bits per heavy atom. The summed E-state index contributed by atoms with van der Waals surface area (Å²) in [6.45, 7) is 3.51. The molecule has 0 radical (unpaired) electrons. The molecule has 0 bridgehead atoms. The van der Waals surface area contributed by atoms with Crippen LogP contribution in [0.1, 0.15) is 42.2 Å². The smallest absolute Gasteiger partial charge is 0.275 e. The van der Waals surface area contributed by atoms with Gasteiger partial charge in [-0.2, -0.15) is 0 Å². The van der Waals surface area contributed by atoms with Gasteiger partial charge in [-0.25, -0.2) is 9.97 Å². The number of nitrogens with two attached hydrogens (primary N) is 2. The third-order valence-corrected chi connectivity index (χ3v) is 5.55. The molecule has 0 saturated heterocycles. The van der Waals surface area contributed by atoms with E-state index in [0.717, 1.165) is 37.1 Å². The Kier molecular flexibility index (Phi) is 7.05. The van der Waals surface area contributed by atoms with Gasteiger partial charge in [0.1, 0.15) is 11.5 Å². The summed E-state index contributed by atoms with van der Waals surface area (Å²) < 4.78 is 0. The number of hydrogen-bond acceptors (Lipinski definition) is 8. The van der Waals surface area contributed by atoms with Crippen LogP contribution in [0.25, 0.3) is 0 Å². The lowest BCUT2D eigenvalue weighted by atomic mass is 9.89. The number of carbonyl (C=O) groups is 1. The summed E-state index contributed by atoms with van der Waals surface area (Å²) in [6.07, 6.45) is 5.84. The van der Waals surface area contributed by atoms with Gasteiger partial charge in [-0.3, -0.25) is 9.79 Å². The Hall–Kier alpha value is -2.65. The number of anilines is 2. The predicted octanol–water partition coefficient (Wildman–Crippen LogP) is 2.55. The molecule has 0 aliphatic carbocycles. The molecule has 1 aromatic carbocycles. The number of aliphatic imine (C=N–C) groups is 1. The summed E-state index contributed by atoms with van der Waals surface area (Å²) in [5, 5.41) is 6.64. The maximum absolute atomic E-state index is 12.5. The molecule has 1 aliphatic rings. The van der Waals surface area contributed by atoms with E-state index in [1.807, 2.05) is 24.3 Å². The first-order valence-electron chi connectivity index (χ1n) is 9.66. The van der Waals surface area contributed by atoms with Gasteiger partial charge in [0.15, 0.2) is 5.17 Å². The molecule has 1 amide bonds. The fraction of sp³-hybridized carbons (Fsp3) is 0.400. The fourth-order valence-corrected chi connectivity index (χ4v) is 4.02. The van der Waals surface area contributed by atoms with Gasteiger partial charge in [0.2, 0.25) is 0 Å². The molecule has 1 unspecified atom stereocenters. The third-order valence-electron chi connectivity index (χ3n) is 4.76. The van der Waals surface area contributed by atoms with Crippen LogP contribution in [-0.2, 0) is 5.54 Å². The molecule has 1 aromatic heterocycles. The van der Waals surface area contributed by atoms with Crippen LogP contribution >= 0.6 is 11.8 Å². The highest BCUT2D eigenvalue weighted by molar-refractivity contribution is 8.13. The maximum Gasteiger partial charge on any atom is 0.275 e. The first-order chi connectivity index (χ1) is 14.0. The molecular formula is C20H27N7OS. The number of amides is 1. The maximum atomic E-state index is 12.5. The summed E-state index contributed by atoms with van der Waals surface area (Å²) in [6, 6.07) is 7.69. The number of nitrogens with one attached hydrogen (secondary N) is 2. The lowest BCUT2D eigenvalue weighted by molar-refractivity contribution is 0.102. The van der Waals surface area contributed by atoms with Gasteiger partial charge in [-0.05, 0) is 50.4 Å². The Labute approximate surface area is 175 Å². The highest BCUT2D eigenvalue weighted by Gasteiger charge is 2.29. The minimum Gasteiger partial charge on any atom is -0.379 e. The number of hydrogen-bond donors (Lipinski definition) is 4. The van der Waals surface area contributed by atoms with E-state index in [2.05, 4.69) is 32.5 Å². The van der Waals surface area contributed by atoms with Crippen molar-refractivity contribution in [2.45, 2.75) is 31.7 Å². The van der Waals surface area contributed by atoms with Crippen LogP contribution < -0.4 is 22.1 Å². The van der Waals surface area contributed by atoms with Crippen LogP contribution in [0.5, 0.6) is 0 Å². The molecule has 0 saturated carbocycles. The topological polar surface area (TPSA) is 131 Å². The van der Waals surface area contributed by atoms with Gasteiger partial charge in [0, 0.05) is 18.0 Å². The number of amidine groups is 1. The van der Waals surface area contributed by atoms with Crippen molar-refractivity contribution in [1.82, 2.24) is 9.97 Å². The van der Waals surface area contributed by atoms with E-state index in [-0.39, 0.29) is 17.1 Å². The number of rotatable bonds is 8. The standard InChI is InChI=1S/C20H27N7OS/c1-20(7-10-29-19(22)27-20)14-5-4-6-15(11-14)26-18(28)16-12-25-17(13-24-16)23-9-3-2-8-21/h4-6,11-13H,2-3,7-10,21H2,1H3,(H2,22,27)(H,23,25)(H,26,28). The molecule has 2 aromatic rings. The predicted molar refractivity (Wildman–Crippen MR) is 119 cm³/mol. The van der Waals surface area contributed by atoms with Crippen LogP contribution in [0.3, 0.4) is 0 Å². The quantitative estimate of drug-likeness (QED) is 0.489. The number of thioether (sulfide) groups is 1. The third kappa shape index (κ3) is 5.68. The van der Waals surface area contributed by atoms with E-state index >= 15 is 0 Å². The average Bonchev–Trinajstić information content (AvgIpc) is 2.72. The Morgan fingerprint density at radius 1 is 1.28 bits per heavy atom. The Balaban J connectivity index is 1.64. The monoisotopic (exact) mass is 413 g/mol. The van der Waals surface area contributed by atoms with Crippen molar-refractivity contribution in [3.63, 3.8) is 0 Å². The molecule has 2 heterocycles. The molecule has 0 fully saturated rings. The average molecular weight is 414 g/mol. The van der Waals surface area contributed by atoms with Gasteiger partial charge >= 0.3 is 0 Å². The van der Waals surface area contributed by atoms with Gasteiger partial charge in [0.05, 0.1) is 17.9 Å². The van der Waals surface area contributed by atoms with Crippen LogP contribution in [0.15, 0.2) is 41.7 Å². The molecule has 154 valence electrons. The van der Waals surface area contributed by atoms with E-state index in [1.165, 1.54) is 6.20 Å². The lowest BCUT2D eigenvalue weighted by Crippen LogP contribution is -2.28. The second-order valence-electron chi connectivity index (χ2n) is 7.07. The molecule has 0 spiro atoms. The molecular weight excluding hydrogens is 386 g/mol. The molecule has 1 atom stereocenters. The van der Waals surface area contributed by atoms with Gasteiger partial charge in [0.25, 0.3) is 5.91 Å². The number of unbranched alkanes of at least 4 members (excludes halogenated alkanes) is 1. The van der Waals surface area contributed by atoms with E-state index in [0.29, 0.717) is 23.2 Å². The van der Waals surface area contributed by atoms with Crippen molar-refractivity contribution in [1.29, 1.82) is 0 Å². The van der Waals surface area contributed by atoms with E-state index in [4.69, 9.17) is 11.5 Å². The van der Waals surface area contributed by atoms with Gasteiger partial charge in [-0.1, -0.05) is 23.9 Å². The number of nitrogens with zero attached hydrogens (tertiary/aromatic N) is 3. The van der Waals surface area contributed by atoms with Crippen LogP contribution in [0, 0.1) is 0 Å². The number of carbonyl (C=O) groups excluding carboxylic acids is 1. The highest BCUT2D eigenvalue weighted by Crippen LogP contribution is 2.35. The molecule has 29 heavy (non-hydrogen) atoms. The number of aromatic nitrogens is 2. The number of benzene rings is 1. The summed E-state index contributed by atoms with van der Waals surface area (Å²) >= 11 is 1.57. The minimum atomic E-state index is -0.382. The SMILES string of the molecule is CC1(c2cccc(NC(=O)c3cnc(NCCCCN)cn3)c2)CCSC(N)=N1.